The Morgan fingerprint density at radius 1 is 0.833 bits per heavy atom. The van der Waals surface area contributed by atoms with E-state index in [1.807, 2.05) is 0 Å². The van der Waals surface area contributed by atoms with Crippen LogP contribution in [-0.4, -0.2) is 24.3 Å². The van der Waals surface area contributed by atoms with Crippen molar-refractivity contribution in [2.45, 2.75) is 65.7 Å². The summed E-state index contributed by atoms with van der Waals surface area (Å²) in [6.07, 6.45) is 7.07. The van der Waals surface area contributed by atoms with Crippen LogP contribution in [0, 0.1) is 6.92 Å². The first kappa shape index (κ1) is 27.4. The second-order valence-electron chi connectivity index (χ2n) is 9.66. The van der Waals surface area contributed by atoms with Crippen molar-refractivity contribution in [3.63, 3.8) is 0 Å². The van der Waals surface area contributed by atoms with Gasteiger partial charge in [-0.05, 0) is 90.5 Å². The van der Waals surface area contributed by atoms with E-state index in [9.17, 15) is 9.90 Å². The van der Waals surface area contributed by atoms with Gasteiger partial charge in [0.25, 0.3) is 0 Å². The molecule has 3 rings (SSSR count). The Labute approximate surface area is 216 Å². The van der Waals surface area contributed by atoms with Crippen molar-refractivity contribution < 1.29 is 14.6 Å². The number of aliphatic hydroxyl groups is 1. The first-order valence-corrected chi connectivity index (χ1v) is 13.2. The number of hydrogen-bond donors (Lipinski definition) is 1. The number of carbonyl (C=O) groups is 1. The summed E-state index contributed by atoms with van der Waals surface area (Å²) in [6.45, 7) is 10.2. The molecule has 36 heavy (non-hydrogen) atoms. The van der Waals surface area contributed by atoms with Crippen LogP contribution in [0.5, 0.6) is 0 Å². The third-order valence-corrected chi connectivity index (χ3v) is 6.65. The molecule has 0 aliphatic heterocycles. The molecule has 3 heteroatoms. The van der Waals surface area contributed by atoms with Gasteiger partial charge < -0.3 is 9.84 Å². The highest BCUT2D eigenvalue weighted by atomic mass is 16.5. The minimum Gasteiger partial charge on any atom is -0.462 e. The SMILES string of the molecule is C=C(C)C(=O)OCCCc1cc(-c2ccc(-c3ccc(CCCCC)cc3)cc2C)ccc1CCO. The number of benzene rings is 3. The molecule has 3 nitrogen and oxygen atoms in total. The molecule has 3 aromatic carbocycles. The highest BCUT2D eigenvalue weighted by molar-refractivity contribution is 5.86. The molecule has 0 aliphatic rings. The fourth-order valence-electron chi connectivity index (χ4n) is 4.55. The van der Waals surface area contributed by atoms with Crippen molar-refractivity contribution in [3.05, 3.63) is 95.1 Å². The van der Waals surface area contributed by atoms with Gasteiger partial charge in [0.1, 0.15) is 0 Å². The van der Waals surface area contributed by atoms with E-state index in [0.29, 0.717) is 18.6 Å². The summed E-state index contributed by atoms with van der Waals surface area (Å²) >= 11 is 0. The second-order valence-corrected chi connectivity index (χ2v) is 9.66. The van der Waals surface area contributed by atoms with Gasteiger partial charge in [-0.3, -0.25) is 0 Å². The average molecular weight is 485 g/mol. The summed E-state index contributed by atoms with van der Waals surface area (Å²) < 4.78 is 5.26. The molecular weight excluding hydrogens is 444 g/mol. The Balaban J connectivity index is 1.75. The first-order chi connectivity index (χ1) is 17.4. The molecule has 0 atom stereocenters. The topological polar surface area (TPSA) is 46.5 Å². The van der Waals surface area contributed by atoms with E-state index in [0.717, 1.165) is 24.8 Å². The van der Waals surface area contributed by atoms with Crippen molar-refractivity contribution in [3.8, 4) is 22.3 Å². The number of hydrogen-bond acceptors (Lipinski definition) is 3. The summed E-state index contributed by atoms with van der Waals surface area (Å²) in [5.74, 6) is -0.346. The highest BCUT2D eigenvalue weighted by Crippen LogP contribution is 2.30. The van der Waals surface area contributed by atoms with E-state index in [4.69, 9.17) is 4.74 Å². The van der Waals surface area contributed by atoms with Crippen LogP contribution in [-0.2, 0) is 28.8 Å². The fraction of sp³-hybridized carbons (Fsp3) is 0.364. The van der Waals surface area contributed by atoms with Crippen LogP contribution in [0.3, 0.4) is 0 Å². The van der Waals surface area contributed by atoms with Gasteiger partial charge in [0.05, 0.1) is 6.61 Å². The van der Waals surface area contributed by atoms with Crippen molar-refractivity contribution in [1.29, 1.82) is 0 Å². The predicted molar refractivity (Wildman–Crippen MR) is 150 cm³/mol. The maximum Gasteiger partial charge on any atom is 0.333 e. The molecule has 0 fully saturated rings. The molecule has 190 valence electrons. The summed E-state index contributed by atoms with van der Waals surface area (Å²) in [4.78, 5) is 11.6. The number of aryl methyl sites for hydroxylation is 3. The lowest BCUT2D eigenvalue weighted by molar-refractivity contribution is -0.139. The lowest BCUT2D eigenvalue weighted by Crippen LogP contribution is -2.07. The second kappa shape index (κ2) is 13.8. The van der Waals surface area contributed by atoms with Crippen molar-refractivity contribution in [2.24, 2.45) is 0 Å². The largest absolute Gasteiger partial charge is 0.462 e. The Kier molecular flexibility index (Phi) is 10.5. The lowest BCUT2D eigenvalue weighted by Gasteiger charge is -2.14. The average Bonchev–Trinajstić information content (AvgIpc) is 2.88. The van der Waals surface area contributed by atoms with Crippen molar-refractivity contribution in [2.75, 3.05) is 13.2 Å². The highest BCUT2D eigenvalue weighted by Gasteiger charge is 2.10. The van der Waals surface area contributed by atoms with E-state index in [-0.39, 0.29) is 12.6 Å². The van der Waals surface area contributed by atoms with Gasteiger partial charge >= 0.3 is 5.97 Å². The zero-order valence-corrected chi connectivity index (χ0v) is 22.1. The van der Waals surface area contributed by atoms with E-state index in [1.54, 1.807) is 6.92 Å². The standard InChI is InChI=1S/C33H40O3/c1-5-6-7-9-26-11-13-27(14-12-26)30-17-18-32(25(4)22-30)31-16-15-28(19-20-34)29(23-31)10-8-21-36-33(35)24(2)3/h11-18,22-23,34H,2,5-10,19-21H2,1,3-4H3. The van der Waals surface area contributed by atoms with Crippen LogP contribution < -0.4 is 0 Å². The fourth-order valence-corrected chi connectivity index (χ4v) is 4.55. The van der Waals surface area contributed by atoms with E-state index < -0.39 is 0 Å². The van der Waals surface area contributed by atoms with E-state index in [1.165, 1.54) is 58.2 Å². The lowest BCUT2D eigenvalue weighted by atomic mass is 9.91. The van der Waals surface area contributed by atoms with Crippen molar-refractivity contribution in [1.82, 2.24) is 0 Å². The molecule has 0 aliphatic carbocycles. The molecule has 0 heterocycles. The molecule has 0 aromatic heterocycles. The number of aliphatic hydroxyl groups excluding tert-OH is 1. The number of carbonyl (C=O) groups excluding carboxylic acids is 1. The molecule has 0 amide bonds. The number of unbranched alkanes of at least 4 members (excludes halogenated alkanes) is 2. The maximum atomic E-state index is 11.6. The first-order valence-electron chi connectivity index (χ1n) is 13.2. The summed E-state index contributed by atoms with van der Waals surface area (Å²) in [5, 5.41) is 9.51. The molecule has 0 bridgehead atoms. The van der Waals surface area contributed by atoms with Crippen LogP contribution in [0.1, 0.15) is 61.8 Å². The number of esters is 1. The van der Waals surface area contributed by atoms with Crippen LogP contribution in [0.25, 0.3) is 22.3 Å². The Hall–Kier alpha value is -3.17. The third-order valence-electron chi connectivity index (χ3n) is 6.65. The molecule has 1 N–H and O–H groups in total. The monoisotopic (exact) mass is 484 g/mol. The Morgan fingerprint density at radius 2 is 1.56 bits per heavy atom. The van der Waals surface area contributed by atoms with Gasteiger partial charge in [0.15, 0.2) is 0 Å². The minimum atomic E-state index is -0.346. The molecule has 0 saturated heterocycles. The smallest absolute Gasteiger partial charge is 0.333 e. The van der Waals surface area contributed by atoms with Gasteiger partial charge in [0.2, 0.25) is 0 Å². The summed E-state index contributed by atoms with van der Waals surface area (Å²) in [7, 11) is 0. The molecule has 0 unspecified atom stereocenters. The van der Waals surface area contributed by atoms with Gasteiger partial charge in [-0.15, -0.1) is 0 Å². The molecular formula is C33H40O3. The summed E-state index contributed by atoms with van der Waals surface area (Å²) in [6, 6.07) is 22.1. The van der Waals surface area contributed by atoms with Crippen LogP contribution in [0.15, 0.2) is 72.8 Å². The van der Waals surface area contributed by atoms with E-state index in [2.05, 4.69) is 81.1 Å². The van der Waals surface area contributed by atoms with Gasteiger partial charge in [-0.25, -0.2) is 4.79 Å². The maximum absolute atomic E-state index is 11.6. The van der Waals surface area contributed by atoms with Crippen LogP contribution in [0.2, 0.25) is 0 Å². The number of ether oxygens (including phenoxy) is 1. The molecule has 0 spiro atoms. The summed E-state index contributed by atoms with van der Waals surface area (Å²) in [5.41, 5.74) is 10.2. The predicted octanol–water partition coefficient (Wildman–Crippen LogP) is 7.65. The number of rotatable bonds is 13. The van der Waals surface area contributed by atoms with Gasteiger partial charge in [-0.1, -0.05) is 87.0 Å². The van der Waals surface area contributed by atoms with Crippen molar-refractivity contribution >= 4 is 5.97 Å². The van der Waals surface area contributed by atoms with Gasteiger partial charge in [0, 0.05) is 12.2 Å². The third kappa shape index (κ3) is 7.66. The normalized spacial score (nSPS) is 10.9. The molecule has 0 radical (unpaired) electrons. The zero-order chi connectivity index (χ0) is 25.9. The quantitative estimate of drug-likeness (QED) is 0.154. The van der Waals surface area contributed by atoms with Gasteiger partial charge in [-0.2, -0.15) is 0 Å². The van der Waals surface area contributed by atoms with Crippen LogP contribution in [0.4, 0.5) is 0 Å². The Bertz CT molecular complexity index is 1160. The molecule has 0 saturated carbocycles. The van der Waals surface area contributed by atoms with Crippen LogP contribution >= 0.6 is 0 Å². The molecule has 3 aromatic rings. The minimum absolute atomic E-state index is 0.113. The van der Waals surface area contributed by atoms with E-state index >= 15 is 0 Å². The zero-order valence-electron chi connectivity index (χ0n) is 22.1. The Morgan fingerprint density at radius 3 is 2.22 bits per heavy atom.